The number of methoxy groups -OCH3 is 1. The van der Waals surface area contributed by atoms with Crippen molar-refractivity contribution in [2.45, 2.75) is 26.7 Å². The molecule has 1 fully saturated rings. The number of likely N-dealkylation sites (tertiary alicyclic amines) is 1. The molecule has 0 bridgehead atoms. The maximum absolute atomic E-state index is 12.0. The molecule has 0 aliphatic carbocycles. The summed E-state index contributed by atoms with van der Waals surface area (Å²) in [5.41, 5.74) is 15.7. The monoisotopic (exact) mass is 506 g/mol. The smallest absolute Gasteiger partial charge is 0.248 e. The van der Waals surface area contributed by atoms with Crippen LogP contribution in [0.4, 0.5) is 5.82 Å². The molecule has 0 aromatic carbocycles. The third kappa shape index (κ3) is 7.78. The Hall–Kier alpha value is -3.92. The van der Waals surface area contributed by atoms with Crippen LogP contribution < -0.4 is 22.1 Å². The Morgan fingerprint density at radius 3 is 2.70 bits per heavy atom. The molecule has 10 heteroatoms. The zero-order valence-corrected chi connectivity index (χ0v) is 21.8. The van der Waals surface area contributed by atoms with Gasteiger partial charge in [-0.2, -0.15) is 0 Å². The van der Waals surface area contributed by atoms with Crippen molar-refractivity contribution >= 4 is 34.5 Å². The van der Waals surface area contributed by atoms with Crippen molar-refractivity contribution in [3.63, 3.8) is 0 Å². The predicted molar refractivity (Wildman–Crippen MR) is 148 cm³/mol. The van der Waals surface area contributed by atoms with E-state index in [2.05, 4.69) is 20.6 Å². The normalized spacial score (nSPS) is 15.8. The molecular weight excluding hydrogens is 468 g/mol. The second-order valence-corrected chi connectivity index (χ2v) is 9.41. The zero-order valence-electron chi connectivity index (χ0n) is 21.8. The Labute approximate surface area is 218 Å². The SMILES string of the molecule is COCC(=O)N1CCC(CN/C=C(\C=N)c2cnc3ccc(N/C(N)=C/C(=C\N)C(C)C)nc3c2)CC1. The number of aromatic nitrogens is 2. The molecule has 3 rings (SSSR count). The summed E-state index contributed by atoms with van der Waals surface area (Å²) in [6.45, 7) is 6.49. The van der Waals surface area contributed by atoms with Crippen LogP contribution in [0.5, 0.6) is 0 Å². The number of hydrogen-bond acceptors (Lipinski definition) is 9. The molecule has 37 heavy (non-hydrogen) atoms. The second kappa shape index (κ2) is 13.4. The van der Waals surface area contributed by atoms with Crippen LogP contribution in [0.15, 0.2) is 54.3 Å². The van der Waals surface area contributed by atoms with Gasteiger partial charge in [-0.05, 0) is 60.7 Å². The molecule has 1 saturated heterocycles. The Kier molecular flexibility index (Phi) is 10.0. The van der Waals surface area contributed by atoms with Crippen LogP contribution >= 0.6 is 0 Å². The summed E-state index contributed by atoms with van der Waals surface area (Å²) in [5.74, 6) is 1.79. The van der Waals surface area contributed by atoms with Gasteiger partial charge in [-0.15, -0.1) is 0 Å². The van der Waals surface area contributed by atoms with Crippen LogP contribution in [0.1, 0.15) is 32.3 Å². The van der Waals surface area contributed by atoms with Crippen molar-refractivity contribution in [1.29, 1.82) is 5.41 Å². The van der Waals surface area contributed by atoms with Crippen molar-refractivity contribution in [2.75, 3.05) is 38.7 Å². The molecule has 0 spiro atoms. The van der Waals surface area contributed by atoms with Gasteiger partial charge in [-0.25, -0.2) is 4.98 Å². The first-order valence-electron chi connectivity index (χ1n) is 12.5. The summed E-state index contributed by atoms with van der Waals surface area (Å²) >= 11 is 0. The highest BCUT2D eigenvalue weighted by molar-refractivity contribution is 6.08. The van der Waals surface area contributed by atoms with Crippen LogP contribution in [0.25, 0.3) is 16.6 Å². The topological polar surface area (TPSA) is 155 Å². The van der Waals surface area contributed by atoms with Gasteiger partial charge in [0.2, 0.25) is 5.91 Å². The molecule has 0 atom stereocenters. The lowest BCUT2D eigenvalue weighted by Gasteiger charge is -2.31. The Bertz CT molecular complexity index is 1180. The van der Waals surface area contributed by atoms with E-state index in [1.54, 1.807) is 18.5 Å². The van der Waals surface area contributed by atoms with E-state index in [9.17, 15) is 4.79 Å². The van der Waals surface area contributed by atoms with E-state index >= 15 is 0 Å². The molecule has 198 valence electrons. The van der Waals surface area contributed by atoms with Gasteiger partial charge in [0.1, 0.15) is 18.2 Å². The number of amides is 1. The Morgan fingerprint density at radius 2 is 2.05 bits per heavy atom. The number of nitrogens with two attached hydrogens (primary N) is 2. The molecule has 7 N–H and O–H groups in total. The largest absolute Gasteiger partial charge is 0.404 e. The molecular formula is C27H38N8O2. The summed E-state index contributed by atoms with van der Waals surface area (Å²) in [4.78, 5) is 23.0. The van der Waals surface area contributed by atoms with Gasteiger partial charge in [0, 0.05) is 56.5 Å². The molecule has 2 aromatic heterocycles. The van der Waals surface area contributed by atoms with Crippen molar-refractivity contribution in [2.24, 2.45) is 23.3 Å². The van der Waals surface area contributed by atoms with Crippen molar-refractivity contribution in [3.8, 4) is 0 Å². The third-order valence-corrected chi connectivity index (χ3v) is 6.38. The number of pyridine rings is 2. The fourth-order valence-electron chi connectivity index (χ4n) is 4.15. The number of ether oxygens (including phenoxy) is 1. The third-order valence-electron chi connectivity index (χ3n) is 6.38. The van der Waals surface area contributed by atoms with Crippen molar-refractivity contribution in [3.05, 3.63) is 59.8 Å². The number of carbonyl (C=O) groups excluding carboxylic acids is 1. The van der Waals surface area contributed by atoms with E-state index in [-0.39, 0.29) is 18.4 Å². The van der Waals surface area contributed by atoms with E-state index < -0.39 is 0 Å². The Morgan fingerprint density at radius 1 is 1.30 bits per heavy atom. The minimum absolute atomic E-state index is 0.0436. The van der Waals surface area contributed by atoms with E-state index in [1.807, 2.05) is 43.1 Å². The van der Waals surface area contributed by atoms with Gasteiger partial charge in [0.05, 0.1) is 11.0 Å². The molecule has 0 unspecified atom stereocenters. The number of carbonyl (C=O) groups is 1. The van der Waals surface area contributed by atoms with Crippen LogP contribution in [0.3, 0.4) is 0 Å². The van der Waals surface area contributed by atoms with Gasteiger partial charge >= 0.3 is 0 Å². The highest BCUT2D eigenvalue weighted by atomic mass is 16.5. The summed E-state index contributed by atoms with van der Waals surface area (Å²) in [5, 5.41) is 14.4. The number of nitrogens with one attached hydrogen (secondary N) is 3. The van der Waals surface area contributed by atoms with Gasteiger partial charge < -0.3 is 37.1 Å². The van der Waals surface area contributed by atoms with E-state index in [1.165, 1.54) is 13.3 Å². The molecule has 1 aliphatic rings. The average molecular weight is 507 g/mol. The van der Waals surface area contributed by atoms with E-state index in [0.29, 0.717) is 28.6 Å². The van der Waals surface area contributed by atoms with E-state index in [0.717, 1.165) is 49.1 Å². The molecule has 1 amide bonds. The molecule has 0 radical (unpaired) electrons. The number of nitrogens with zero attached hydrogens (tertiary/aromatic N) is 3. The summed E-state index contributed by atoms with van der Waals surface area (Å²) in [6.07, 6.45) is 10.1. The van der Waals surface area contributed by atoms with Gasteiger partial charge in [-0.1, -0.05) is 13.8 Å². The van der Waals surface area contributed by atoms with Gasteiger partial charge in [0.25, 0.3) is 0 Å². The van der Waals surface area contributed by atoms with Crippen molar-refractivity contribution < 1.29 is 9.53 Å². The zero-order chi connectivity index (χ0) is 26.8. The number of allylic oxidation sites excluding steroid dienone is 3. The second-order valence-electron chi connectivity index (χ2n) is 9.41. The van der Waals surface area contributed by atoms with E-state index in [4.69, 9.17) is 21.6 Å². The number of rotatable bonds is 11. The molecule has 2 aromatic rings. The minimum atomic E-state index is 0.0436. The molecule has 10 nitrogen and oxygen atoms in total. The molecule has 1 aliphatic heterocycles. The van der Waals surface area contributed by atoms with Crippen LogP contribution in [-0.2, 0) is 9.53 Å². The molecule has 3 heterocycles. The quantitative estimate of drug-likeness (QED) is 0.230. The lowest BCUT2D eigenvalue weighted by molar-refractivity contribution is -0.136. The minimum Gasteiger partial charge on any atom is -0.404 e. The predicted octanol–water partition coefficient (Wildman–Crippen LogP) is 2.81. The maximum Gasteiger partial charge on any atom is 0.248 e. The van der Waals surface area contributed by atoms with Crippen molar-refractivity contribution in [1.82, 2.24) is 20.2 Å². The number of fused-ring (bicyclic) bond motifs is 1. The first-order chi connectivity index (χ1) is 17.8. The highest BCUT2D eigenvalue weighted by Crippen LogP contribution is 2.20. The van der Waals surface area contributed by atoms with Gasteiger partial charge in [-0.3, -0.25) is 9.78 Å². The number of hydrogen-bond donors (Lipinski definition) is 5. The summed E-state index contributed by atoms with van der Waals surface area (Å²) in [6, 6.07) is 5.60. The first-order valence-corrected chi connectivity index (χ1v) is 12.5. The highest BCUT2D eigenvalue weighted by Gasteiger charge is 2.22. The lowest BCUT2D eigenvalue weighted by Crippen LogP contribution is -2.41. The van der Waals surface area contributed by atoms with Crippen LogP contribution in [-0.4, -0.2) is 60.3 Å². The lowest BCUT2D eigenvalue weighted by atomic mass is 9.96. The first kappa shape index (κ1) is 27.7. The standard InChI is InChI=1S/C27H38N8O2/c1-18(2)20(12-28)11-25(30)34-26-5-4-23-24(33-26)10-21(16-32-23)22(13-29)15-31-14-19-6-8-35(9-7-19)27(36)17-37-3/h4-5,10-13,15-16,18-19,29,31H,6-9,14,17,28,30H2,1-3H3,(H,33,34)/b20-12+,22-15+,25-11+,29-13?. The Balaban J connectivity index is 1.65. The summed E-state index contributed by atoms with van der Waals surface area (Å²) in [7, 11) is 1.54. The average Bonchev–Trinajstić information content (AvgIpc) is 2.89. The molecule has 0 saturated carbocycles. The summed E-state index contributed by atoms with van der Waals surface area (Å²) < 4.78 is 4.95. The van der Waals surface area contributed by atoms with Crippen LogP contribution in [0.2, 0.25) is 0 Å². The fraction of sp³-hybridized carbons (Fsp3) is 0.407. The number of piperidine rings is 1. The fourth-order valence-corrected chi connectivity index (χ4v) is 4.15. The maximum atomic E-state index is 12.0. The van der Waals surface area contributed by atoms with Crippen LogP contribution in [0, 0.1) is 17.2 Å². The number of anilines is 1. The van der Waals surface area contributed by atoms with Gasteiger partial charge in [0.15, 0.2) is 0 Å².